The van der Waals surface area contributed by atoms with Gasteiger partial charge in [-0.2, -0.15) is 0 Å². The first-order valence-electron chi connectivity index (χ1n) is 12.1. The molecule has 4 nitrogen and oxygen atoms in total. The third-order valence-electron chi connectivity index (χ3n) is 6.14. The number of fused-ring (bicyclic) bond motifs is 1. The zero-order valence-electron chi connectivity index (χ0n) is 20.4. The predicted molar refractivity (Wildman–Crippen MR) is 136 cm³/mol. The molecule has 0 atom stereocenters. The van der Waals surface area contributed by atoms with Gasteiger partial charge in [-0.3, -0.25) is 0 Å². The predicted octanol–water partition coefficient (Wildman–Crippen LogP) is 7.24. The van der Waals surface area contributed by atoms with E-state index in [4.69, 9.17) is 9.47 Å². The van der Waals surface area contributed by atoms with Crippen LogP contribution in [-0.4, -0.2) is 22.7 Å². The third kappa shape index (κ3) is 5.24. The van der Waals surface area contributed by atoms with Gasteiger partial charge in [0.1, 0.15) is 22.9 Å². The minimum absolute atomic E-state index is 0.289. The van der Waals surface area contributed by atoms with Crippen LogP contribution in [-0.2, 0) is 11.3 Å². The minimum Gasteiger partial charge on any atom is -0.493 e. The van der Waals surface area contributed by atoms with E-state index in [9.17, 15) is 9.18 Å². The lowest BCUT2D eigenvalue weighted by Gasteiger charge is -2.21. The van der Waals surface area contributed by atoms with Gasteiger partial charge in [0.25, 0.3) is 0 Å². The smallest absolute Gasteiger partial charge is 0.356 e. The number of benzene rings is 3. The molecular formula is C30H30FNO3. The molecule has 0 amide bonds. The van der Waals surface area contributed by atoms with Crippen LogP contribution in [0, 0.1) is 11.7 Å². The van der Waals surface area contributed by atoms with Crippen molar-refractivity contribution in [3.8, 4) is 16.9 Å². The number of esters is 1. The van der Waals surface area contributed by atoms with Crippen LogP contribution in [0.2, 0.25) is 0 Å². The number of carbonyl (C=O) groups is 1. The number of rotatable bonds is 7. The number of halogens is 1. The molecular weight excluding hydrogens is 441 g/mol. The van der Waals surface area contributed by atoms with Gasteiger partial charge in [0.15, 0.2) is 0 Å². The zero-order chi connectivity index (χ0) is 24.6. The standard InChI is InChI=1S/C30H30FNO3/c1-30(2,3)35-29(33)28-27(22-12-16-24(17-13-22)34-19-21-8-9-21)25-6-4-5-7-26(25)32(28)18-20-10-14-23(31)15-11-20/h4-7,10-17,21H,8-9,18-19H2,1-3H3. The molecule has 5 heteroatoms. The van der Waals surface area contributed by atoms with Crippen molar-refractivity contribution < 1.29 is 18.7 Å². The molecule has 35 heavy (non-hydrogen) atoms. The van der Waals surface area contributed by atoms with Gasteiger partial charge >= 0.3 is 5.97 Å². The van der Waals surface area contributed by atoms with Crippen LogP contribution in [0.4, 0.5) is 4.39 Å². The van der Waals surface area contributed by atoms with Crippen LogP contribution in [0.25, 0.3) is 22.0 Å². The molecule has 4 aromatic rings. The van der Waals surface area contributed by atoms with Crippen LogP contribution >= 0.6 is 0 Å². The Bertz CT molecular complexity index is 1340. The molecule has 1 aromatic heterocycles. The van der Waals surface area contributed by atoms with E-state index >= 15 is 0 Å². The topological polar surface area (TPSA) is 40.5 Å². The fourth-order valence-corrected chi connectivity index (χ4v) is 4.29. The molecule has 0 aliphatic heterocycles. The maximum absolute atomic E-state index is 13.6. The minimum atomic E-state index is -0.647. The molecule has 0 radical (unpaired) electrons. The first-order valence-corrected chi connectivity index (χ1v) is 12.1. The van der Waals surface area contributed by atoms with Crippen LogP contribution in [0.3, 0.4) is 0 Å². The van der Waals surface area contributed by atoms with Gasteiger partial charge in [-0.05, 0) is 81.0 Å². The van der Waals surface area contributed by atoms with E-state index in [0.29, 0.717) is 18.2 Å². The summed E-state index contributed by atoms with van der Waals surface area (Å²) in [5.74, 6) is 0.829. The van der Waals surface area contributed by atoms with Crippen molar-refractivity contribution in [2.75, 3.05) is 6.61 Å². The maximum atomic E-state index is 13.6. The van der Waals surface area contributed by atoms with Gasteiger partial charge in [0.2, 0.25) is 0 Å². The average molecular weight is 472 g/mol. The Morgan fingerprint density at radius 3 is 2.31 bits per heavy atom. The highest BCUT2D eigenvalue weighted by atomic mass is 19.1. The highest BCUT2D eigenvalue weighted by molar-refractivity contribution is 6.08. The summed E-state index contributed by atoms with van der Waals surface area (Å²) in [6.45, 7) is 6.76. The molecule has 180 valence electrons. The second-order valence-electron chi connectivity index (χ2n) is 10.2. The van der Waals surface area contributed by atoms with Gasteiger partial charge in [0, 0.05) is 23.0 Å². The Balaban J connectivity index is 1.63. The molecule has 1 aliphatic carbocycles. The summed E-state index contributed by atoms with van der Waals surface area (Å²) in [7, 11) is 0. The first-order chi connectivity index (χ1) is 16.8. The average Bonchev–Trinajstić information content (AvgIpc) is 3.60. The normalized spacial score (nSPS) is 13.7. The number of ether oxygens (including phenoxy) is 2. The Morgan fingerprint density at radius 1 is 0.971 bits per heavy atom. The largest absolute Gasteiger partial charge is 0.493 e. The molecule has 1 saturated carbocycles. The lowest BCUT2D eigenvalue weighted by Crippen LogP contribution is -2.26. The van der Waals surface area contributed by atoms with E-state index in [0.717, 1.165) is 39.9 Å². The summed E-state index contributed by atoms with van der Waals surface area (Å²) in [6, 6.07) is 22.3. The van der Waals surface area contributed by atoms with Crippen molar-refractivity contribution in [1.29, 1.82) is 0 Å². The third-order valence-corrected chi connectivity index (χ3v) is 6.14. The molecule has 0 bridgehead atoms. The summed E-state index contributed by atoms with van der Waals surface area (Å²) >= 11 is 0. The van der Waals surface area contributed by atoms with E-state index in [1.165, 1.54) is 25.0 Å². The Labute approximate surface area is 205 Å². The van der Waals surface area contributed by atoms with Gasteiger partial charge < -0.3 is 14.0 Å². The van der Waals surface area contributed by atoms with Gasteiger partial charge in [-0.25, -0.2) is 9.18 Å². The number of nitrogens with zero attached hydrogens (tertiary/aromatic N) is 1. The van der Waals surface area contributed by atoms with Crippen LogP contribution in [0.1, 0.15) is 49.7 Å². The van der Waals surface area contributed by atoms with Crippen molar-refractivity contribution >= 4 is 16.9 Å². The van der Waals surface area contributed by atoms with Crippen LogP contribution < -0.4 is 4.74 Å². The second-order valence-corrected chi connectivity index (χ2v) is 10.2. The summed E-state index contributed by atoms with van der Waals surface area (Å²) in [5, 5.41) is 0.960. The number of hydrogen-bond acceptors (Lipinski definition) is 3. The highest BCUT2D eigenvalue weighted by Crippen LogP contribution is 2.38. The second kappa shape index (κ2) is 9.21. The van der Waals surface area contributed by atoms with Gasteiger partial charge in [-0.15, -0.1) is 0 Å². The first kappa shape index (κ1) is 23.2. The van der Waals surface area contributed by atoms with Crippen molar-refractivity contribution in [3.63, 3.8) is 0 Å². The molecule has 0 saturated heterocycles. The van der Waals surface area contributed by atoms with E-state index < -0.39 is 5.60 Å². The lowest BCUT2D eigenvalue weighted by molar-refractivity contribution is 0.00597. The Hall–Kier alpha value is -3.60. The molecule has 0 unspecified atom stereocenters. The molecule has 0 N–H and O–H groups in total. The summed E-state index contributed by atoms with van der Waals surface area (Å²) in [4.78, 5) is 13.6. The number of hydrogen-bond donors (Lipinski definition) is 0. The summed E-state index contributed by atoms with van der Waals surface area (Å²) in [5.41, 5.74) is 3.39. The van der Waals surface area contributed by atoms with Gasteiger partial charge in [-0.1, -0.05) is 42.5 Å². The van der Waals surface area contributed by atoms with Gasteiger partial charge in [0.05, 0.1) is 6.61 Å². The van der Waals surface area contributed by atoms with E-state index in [1.54, 1.807) is 12.1 Å². The monoisotopic (exact) mass is 471 g/mol. The van der Waals surface area contributed by atoms with Crippen molar-refractivity contribution in [2.45, 2.75) is 45.8 Å². The van der Waals surface area contributed by atoms with Crippen LogP contribution in [0.5, 0.6) is 5.75 Å². The Morgan fingerprint density at radius 2 is 1.66 bits per heavy atom. The van der Waals surface area contributed by atoms with Crippen molar-refractivity contribution in [3.05, 3.63) is 89.9 Å². The molecule has 3 aromatic carbocycles. The summed E-state index contributed by atoms with van der Waals surface area (Å²) in [6.07, 6.45) is 2.48. The van der Waals surface area contributed by atoms with E-state index in [2.05, 4.69) is 0 Å². The zero-order valence-corrected chi connectivity index (χ0v) is 20.4. The molecule has 1 heterocycles. The lowest BCUT2D eigenvalue weighted by atomic mass is 10.0. The van der Waals surface area contributed by atoms with Crippen molar-refractivity contribution in [1.82, 2.24) is 4.57 Å². The maximum Gasteiger partial charge on any atom is 0.356 e. The molecule has 5 rings (SSSR count). The fourth-order valence-electron chi connectivity index (χ4n) is 4.29. The highest BCUT2D eigenvalue weighted by Gasteiger charge is 2.28. The summed E-state index contributed by atoms with van der Waals surface area (Å²) < 4.78 is 27.3. The van der Waals surface area contributed by atoms with Crippen molar-refractivity contribution in [2.24, 2.45) is 5.92 Å². The van der Waals surface area contributed by atoms with Crippen LogP contribution in [0.15, 0.2) is 72.8 Å². The van der Waals surface area contributed by atoms with E-state index in [-0.39, 0.29) is 11.8 Å². The van der Waals surface area contributed by atoms with E-state index in [1.807, 2.05) is 73.9 Å². The number of para-hydroxylation sites is 1. The number of aromatic nitrogens is 1. The molecule has 1 aliphatic rings. The Kier molecular flexibility index (Phi) is 6.10. The number of carbonyl (C=O) groups excluding carboxylic acids is 1. The molecule has 1 fully saturated rings. The molecule has 0 spiro atoms. The fraction of sp³-hybridized carbons (Fsp3) is 0.300. The SMILES string of the molecule is CC(C)(C)OC(=O)c1c(-c2ccc(OCC3CC3)cc2)c2ccccc2n1Cc1ccc(F)cc1. The quantitative estimate of drug-likeness (QED) is 0.267.